The summed E-state index contributed by atoms with van der Waals surface area (Å²) in [6.45, 7) is 8.12. The van der Waals surface area contributed by atoms with E-state index < -0.39 is 0 Å². The third-order valence-electron chi connectivity index (χ3n) is 2.04. The second-order valence-electron chi connectivity index (χ2n) is 3.84. The lowest BCUT2D eigenvalue weighted by Crippen LogP contribution is -2.18. The highest BCUT2D eigenvalue weighted by Gasteiger charge is 2.14. The Morgan fingerprint density at radius 3 is 2.23 bits per heavy atom. The summed E-state index contributed by atoms with van der Waals surface area (Å²) in [5.74, 6) is 0.537. The Balaban J connectivity index is 3.35. The summed E-state index contributed by atoms with van der Waals surface area (Å²) in [7, 11) is 0. The molecule has 3 heteroatoms. The minimum Gasteiger partial charge on any atom is -0.313 e. The number of hydrogen-bond acceptors (Lipinski definition) is 2. The molecule has 1 rings (SSSR count). The van der Waals surface area contributed by atoms with E-state index in [-0.39, 0.29) is 11.5 Å². The Morgan fingerprint density at radius 2 is 1.85 bits per heavy atom. The second-order valence-corrected chi connectivity index (χ2v) is 3.84. The molecule has 0 aromatic carbocycles. The van der Waals surface area contributed by atoms with Gasteiger partial charge in [0.1, 0.15) is 0 Å². The van der Waals surface area contributed by atoms with E-state index in [4.69, 9.17) is 0 Å². The van der Waals surface area contributed by atoms with Crippen LogP contribution in [0.3, 0.4) is 0 Å². The van der Waals surface area contributed by atoms with E-state index in [2.05, 4.69) is 9.97 Å². The van der Waals surface area contributed by atoms with Gasteiger partial charge in [0.25, 0.3) is 5.56 Å². The van der Waals surface area contributed by atoms with Crippen molar-refractivity contribution in [3.8, 4) is 0 Å². The first-order valence-corrected chi connectivity index (χ1v) is 4.61. The lowest BCUT2D eigenvalue weighted by molar-refractivity contribution is 0.735. The van der Waals surface area contributed by atoms with Gasteiger partial charge in [-0.3, -0.25) is 4.79 Å². The molecule has 0 unspecified atom stereocenters. The number of nitrogens with one attached hydrogen (secondary N) is 1. The van der Waals surface area contributed by atoms with Crippen LogP contribution in [0.2, 0.25) is 0 Å². The Labute approximate surface area is 78.2 Å². The number of hydrogen-bond donors (Lipinski definition) is 1. The fraction of sp³-hybridized carbons (Fsp3) is 0.600. The van der Waals surface area contributed by atoms with Crippen molar-refractivity contribution in [2.75, 3.05) is 0 Å². The first-order chi connectivity index (χ1) is 6.04. The van der Waals surface area contributed by atoms with Crippen molar-refractivity contribution in [2.24, 2.45) is 0 Å². The number of rotatable bonds is 2. The predicted octanol–water partition coefficient (Wildman–Crippen LogP) is 2.02. The van der Waals surface area contributed by atoms with E-state index >= 15 is 0 Å². The van der Waals surface area contributed by atoms with Crippen LogP contribution in [0.4, 0.5) is 0 Å². The van der Waals surface area contributed by atoms with Gasteiger partial charge in [-0.25, -0.2) is 4.98 Å². The zero-order valence-electron chi connectivity index (χ0n) is 8.59. The van der Waals surface area contributed by atoms with Crippen LogP contribution < -0.4 is 5.56 Å². The van der Waals surface area contributed by atoms with Crippen LogP contribution in [-0.2, 0) is 0 Å². The van der Waals surface area contributed by atoms with Crippen molar-refractivity contribution in [1.29, 1.82) is 0 Å². The summed E-state index contributed by atoms with van der Waals surface area (Å²) >= 11 is 0. The van der Waals surface area contributed by atoms with Crippen molar-refractivity contribution in [3.05, 3.63) is 27.9 Å². The number of aromatic nitrogens is 2. The summed E-state index contributed by atoms with van der Waals surface area (Å²) in [5.41, 5.74) is 1.73. The Bertz CT molecular complexity index is 339. The van der Waals surface area contributed by atoms with Gasteiger partial charge in [0.05, 0.1) is 12.0 Å². The average Bonchev–Trinajstić information content (AvgIpc) is 2.02. The zero-order chi connectivity index (χ0) is 10.0. The minimum atomic E-state index is -0.00583. The summed E-state index contributed by atoms with van der Waals surface area (Å²) < 4.78 is 0. The average molecular weight is 180 g/mol. The molecule has 0 bridgehead atoms. The van der Waals surface area contributed by atoms with Crippen molar-refractivity contribution in [3.63, 3.8) is 0 Å². The van der Waals surface area contributed by atoms with E-state index in [1.165, 1.54) is 6.33 Å². The molecule has 0 aliphatic rings. The fourth-order valence-electron chi connectivity index (χ4n) is 1.44. The van der Waals surface area contributed by atoms with Gasteiger partial charge in [-0.1, -0.05) is 27.7 Å². The lowest BCUT2D eigenvalue weighted by atomic mass is 9.97. The molecule has 72 valence electrons. The Morgan fingerprint density at radius 1 is 1.23 bits per heavy atom. The SMILES string of the molecule is CC(C)c1nc[nH]c(=O)c1C(C)C. The maximum atomic E-state index is 11.5. The Hall–Kier alpha value is -1.12. The molecule has 1 aromatic heterocycles. The summed E-state index contributed by atoms with van der Waals surface area (Å²) in [4.78, 5) is 18.3. The van der Waals surface area contributed by atoms with E-state index in [0.29, 0.717) is 5.92 Å². The molecule has 0 saturated heterocycles. The Kier molecular flexibility index (Phi) is 2.86. The molecule has 1 N–H and O–H groups in total. The van der Waals surface area contributed by atoms with Crippen LogP contribution in [0.5, 0.6) is 0 Å². The monoisotopic (exact) mass is 180 g/mol. The van der Waals surface area contributed by atoms with Crippen LogP contribution in [0.15, 0.2) is 11.1 Å². The molecule has 0 spiro atoms. The van der Waals surface area contributed by atoms with Gasteiger partial charge >= 0.3 is 0 Å². The molecule has 0 atom stereocenters. The molecule has 0 fully saturated rings. The van der Waals surface area contributed by atoms with Gasteiger partial charge in [-0.15, -0.1) is 0 Å². The smallest absolute Gasteiger partial charge is 0.254 e. The number of aromatic amines is 1. The van der Waals surface area contributed by atoms with Crippen molar-refractivity contribution in [2.45, 2.75) is 39.5 Å². The van der Waals surface area contributed by atoms with Crippen LogP contribution in [0.1, 0.15) is 50.8 Å². The summed E-state index contributed by atoms with van der Waals surface area (Å²) in [6.07, 6.45) is 1.48. The highest BCUT2D eigenvalue weighted by Crippen LogP contribution is 2.19. The van der Waals surface area contributed by atoms with Crippen LogP contribution in [0, 0.1) is 0 Å². The van der Waals surface area contributed by atoms with E-state index in [0.717, 1.165) is 11.3 Å². The quantitative estimate of drug-likeness (QED) is 0.756. The lowest BCUT2D eigenvalue weighted by Gasteiger charge is -2.12. The highest BCUT2D eigenvalue weighted by atomic mass is 16.1. The predicted molar refractivity (Wildman–Crippen MR) is 53.0 cm³/mol. The molecule has 1 heterocycles. The van der Waals surface area contributed by atoms with Crippen molar-refractivity contribution >= 4 is 0 Å². The molecule has 0 aliphatic heterocycles. The van der Waals surface area contributed by atoms with E-state index in [1.807, 2.05) is 27.7 Å². The summed E-state index contributed by atoms with van der Waals surface area (Å²) in [5, 5.41) is 0. The third-order valence-corrected chi connectivity index (χ3v) is 2.04. The molecule has 0 radical (unpaired) electrons. The van der Waals surface area contributed by atoms with Gasteiger partial charge in [-0.2, -0.15) is 0 Å². The number of H-pyrrole nitrogens is 1. The third kappa shape index (κ3) is 1.97. The maximum absolute atomic E-state index is 11.5. The molecular formula is C10H16N2O. The zero-order valence-corrected chi connectivity index (χ0v) is 8.59. The molecule has 0 aliphatic carbocycles. The molecule has 0 amide bonds. The van der Waals surface area contributed by atoms with Gasteiger partial charge in [0.2, 0.25) is 0 Å². The first-order valence-electron chi connectivity index (χ1n) is 4.61. The van der Waals surface area contributed by atoms with Crippen LogP contribution >= 0.6 is 0 Å². The minimum absolute atomic E-state index is 0.00583. The van der Waals surface area contributed by atoms with Gasteiger partial charge in [0.15, 0.2) is 0 Å². The van der Waals surface area contributed by atoms with Gasteiger partial charge in [0, 0.05) is 5.56 Å². The highest BCUT2D eigenvalue weighted by molar-refractivity contribution is 5.22. The second kappa shape index (κ2) is 3.73. The van der Waals surface area contributed by atoms with Gasteiger partial charge < -0.3 is 4.98 Å². The van der Waals surface area contributed by atoms with Crippen LogP contribution in [-0.4, -0.2) is 9.97 Å². The molecule has 3 nitrogen and oxygen atoms in total. The van der Waals surface area contributed by atoms with Crippen molar-refractivity contribution < 1.29 is 0 Å². The van der Waals surface area contributed by atoms with E-state index in [9.17, 15) is 4.79 Å². The standard InChI is InChI=1S/C10H16N2O/c1-6(2)8-9(7(3)4)11-5-12-10(8)13/h5-7H,1-4H3,(H,11,12,13). The number of nitrogens with zero attached hydrogens (tertiary/aromatic N) is 1. The largest absolute Gasteiger partial charge is 0.313 e. The first kappa shape index (κ1) is 9.96. The molecule has 1 aromatic rings. The van der Waals surface area contributed by atoms with E-state index in [1.54, 1.807) is 0 Å². The van der Waals surface area contributed by atoms with Crippen molar-refractivity contribution in [1.82, 2.24) is 9.97 Å². The van der Waals surface area contributed by atoms with Crippen LogP contribution in [0.25, 0.3) is 0 Å². The summed E-state index contributed by atoms with van der Waals surface area (Å²) in [6, 6.07) is 0. The molecular weight excluding hydrogens is 164 g/mol. The topological polar surface area (TPSA) is 45.8 Å². The fourth-order valence-corrected chi connectivity index (χ4v) is 1.44. The molecule has 0 saturated carbocycles. The van der Waals surface area contributed by atoms with Gasteiger partial charge in [-0.05, 0) is 11.8 Å². The normalized spacial score (nSPS) is 11.2. The maximum Gasteiger partial charge on any atom is 0.254 e. The molecule has 13 heavy (non-hydrogen) atoms.